The molecule has 0 radical (unpaired) electrons. The molecular weight excluding hydrogens is 646 g/mol. The molecule has 236 valence electrons. The van der Waals surface area contributed by atoms with Crippen molar-refractivity contribution in [1.29, 1.82) is 0 Å². The van der Waals surface area contributed by atoms with Crippen LogP contribution >= 0.6 is 15.9 Å². The van der Waals surface area contributed by atoms with Gasteiger partial charge in [-0.3, -0.25) is 9.59 Å². The second kappa shape index (κ2) is 14.3. The van der Waals surface area contributed by atoms with E-state index in [9.17, 15) is 23.5 Å². The lowest BCUT2D eigenvalue weighted by molar-refractivity contribution is 0.0795. The standard InChI is InChI=1S/C34H35BrF2N4O4/c1-3-10-40(2)34(44)24-16-22(15-23(17-24)33-38-9-11-45-33)32(43)39-30(14-21-12-26(36)19-27(37)13-21)31(42)20-41(28-7-8-28)29-6-4-5-25(35)18-29/h4-6,9,11-13,15-19,28,30-31,42H,3,7-8,10,14,20H2,1-2H3,(H,39,43)/t30-,31+/m0/s1. The highest BCUT2D eigenvalue weighted by molar-refractivity contribution is 9.10. The fourth-order valence-electron chi connectivity index (χ4n) is 5.38. The first-order chi connectivity index (χ1) is 21.6. The molecule has 2 N–H and O–H groups in total. The maximum absolute atomic E-state index is 14.2. The number of nitrogens with zero attached hydrogens (tertiary/aromatic N) is 3. The minimum atomic E-state index is -1.12. The molecule has 2 amide bonds. The highest BCUT2D eigenvalue weighted by Gasteiger charge is 2.33. The summed E-state index contributed by atoms with van der Waals surface area (Å²) in [6, 6.07) is 14.8. The molecule has 11 heteroatoms. The number of hydrogen-bond acceptors (Lipinski definition) is 6. The molecule has 1 saturated carbocycles. The number of oxazole rings is 1. The van der Waals surface area contributed by atoms with Crippen LogP contribution in [0.5, 0.6) is 0 Å². The number of rotatable bonds is 13. The number of nitrogens with one attached hydrogen (secondary N) is 1. The summed E-state index contributed by atoms with van der Waals surface area (Å²) in [4.78, 5) is 34.9. The van der Waals surface area contributed by atoms with Crippen molar-refractivity contribution in [2.45, 2.75) is 50.8 Å². The third kappa shape index (κ3) is 8.34. The zero-order chi connectivity index (χ0) is 32.1. The molecule has 0 bridgehead atoms. The van der Waals surface area contributed by atoms with E-state index in [2.05, 4.69) is 31.1 Å². The average molecular weight is 682 g/mol. The van der Waals surface area contributed by atoms with E-state index >= 15 is 0 Å². The van der Waals surface area contributed by atoms with Crippen LogP contribution in [0.3, 0.4) is 0 Å². The van der Waals surface area contributed by atoms with Crippen LogP contribution < -0.4 is 10.2 Å². The third-order valence-electron chi connectivity index (χ3n) is 7.70. The number of aromatic nitrogens is 1. The van der Waals surface area contributed by atoms with Crippen LogP contribution in [0.25, 0.3) is 11.5 Å². The Labute approximate surface area is 269 Å². The Kier molecular flexibility index (Phi) is 10.3. The molecule has 1 fully saturated rings. The van der Waals surface area contributed by atoms with E-state index in [4.69, 9.17) is 4.42 Å². The Morgan fingerprint density at radius 2 is 1.82 bits per heavy atom. The van der Waals surface area contributed by atoms with Gasteiger partial charge in [0, 0.05) is 59.1 Å². The van der Waals surface area contributed by atoms with E-state index in [1.165, 1.54) is 30.7 Å². The van der Waals surface area contributed by atoms with Crippen molar-refractivity contribution in [3.8, 4) is 11.5 Å². The molecule has 1 aliphatic rings. The summed E-state index contributed by atoms with van der Waals surface area (Å²) in [6.45, 7) is 2.66. The first-order valence-electron chi connectivity index (χ1n) is 14.9. The van der Waals surface area contributed by atoms with Gasteiger partial charge in [0.05, 0.1) is 18.3 Å². The quantitative estimate of drug-likeness (QED) is 0.174. The molecule has 2 atom stereocenters. The summed E-state index contributed by atoms with van der Waals surface area (Å²) >= 11 is 3.51. The summed E-state index contributed by atoms with van der Waals surface area (Å²) < 4.78 is 34.7. The van der Waals surface area contributed by atoms with Crippen molar-refractivity contribution in [2.24, 2.45) is 0 Å². The fraction of sp³-hybridized carbons (Fsp3) is 0.324. The molecule has 1 heterocycles. The summed E-state index contributed by atoms with van der Waals surface area (Å²) in [6.07, 6.45) is 4.38. The Hall–Kier alpha value is -4.09. The molecule has 3 aromatic carbocycles. The molecule has 1 aliphatic carbocycles. The summed E-state index contributed by atoms with van der Waals surface area (Å²) in [5.74, 6) is -2.12. The lowest BCUT2D eigenvalue weighted by atomic mass is 9.98. The molecule has 8 nitrogen and oxygen atoms in total. The van der Waals surface area contributed by atoms with Crippen LogP contribution in [0.4, 0.5) is 14.5 Å². The number of anilines is 1. The molecule has 0 spiro atoms. The van der Waals surface area contributed by atoms with E-state index in [0.29, 0.717) is 12.1 Å². The topological polar surface area (TPSA) is 98.9 Å². The first-order valence-corrected chi connectivity index (χ1v) is 15.7. The molecule has 0 aliphatic heterocycles. The van der Waals surface area contributed by atoms with Gasteiger partial charge in [-0.2, -0.15) is 0 Å². The van der Waals surface area contributed by atoms with Crippen molar-refractivity contribution >= 4 is 33.4 Å². The van der Waals surface area contributed by atoms with Crippen LogP contribution in [0, 0.1) is 11.6 Å². The Morgan fingerprint density at radius 1 is 1.09 bits per heavy atom. The van der Waals surface area contributed by atoms with Gasteiger partial charge in [0.1, 0.15) is 17.9 Å². The SMILES string of the molecule is CCCN(C)C(=O)c1cc(C(=O)N[C@@H](Cc2cc(F)cc(F)c2)[C@H](O)CN(c2cccc(Br)c2)C2CC2)cc(-c2ncco2)c1. The van der Waals surface area contributed by atoms with Crippen LogP contribution in [-0.2, 0) is 6.42 Å². The normalized spacial score (nSPS) is 14.1. The van der Waals surface area contributed by atoms with Gasteiger partial charge in [0.2, 0.25) is 5.89 Å². The van der Waals surface area contributed by atoms with E-state index in [1.807, 2.05) is 31.2 Å². The highest BCUT2D eigenvalue weighted by Crippen LogP contribution is 2.33. The summed E-state index contributed by atoms with van der Waals surface area (Å²) in [5, 5.41) is 14.5. The van der Waals surface area contributed by atoms with Gasteiger partial charge in [-0.1, -0.05) is 28.9 Å². The second-order valence-electron chi connectivity index (χ2n) is 11.4. The van der Waals surface area contributed by atoms with E-state index in [0.717, 1.165) is 35.5 Å². The minimum absolute atomic E-state index is 0.0387. The summed E-state index contributed by atoms with van der Waals surface area (Å²) in [5.41, 5.74) is 2.03. The van der Waals surface area contributed by atoms with Crippen LogP contribution in [0.15, 0.2) is 82.0 Å². The van der Waals surface area contributed by atoms with Crippen molar-refractivity contribution in [1.82, 2.24) is 15.2 Å². The van der Waals surface area contributed by atoms with Gasteiger partial charge < -0.3 is 24.6 Å². The van der Waals surface area contributed by atoms with Gasteiger partial charge in [0.25, 0.3) is 11.8 Å². The lowest BCUT2D eigenvalue weighted by Gasteiger charge is -2.32. The van der Waals surface area contributed by atoms with E-state index < -0.39 is 29.7 Å². The molecule has 1 aromatic heterocycles. The summed E-state index contributed by atoms with van der Waals surface area (Å²) in [7, 11) is 1.69. The number of halogens is 3. The van der Waals surface area contributed by atoms with E-state index in [-0.39, 0.29) is 47.5 Å². The predicted molar refractivity (Wildman–Crippen MR) is 171 cm³/mol. The number of carbonyl (C=O) groups excluding carboxylic acids is 2. The van der Waals surface area contributed by atoms with Crippen molar-refractivity contribution < 1.29 is 27.9 Å². The van der Waals surface area contributed by atoms with Gasteiger partial charge in [-0.15, -0.1) is 0 Å². The van der Waals surface area contributed by atoms with Crippen LogP contribution in [-0.4, -0.2) is 65.1 Å². The maximum atomic E-state index is 14.2. The molecule has 5 rings (SSSR count). The number of benzene rings is 3. The smallest absolute Gasteiger partial charge is 0.253 e. The number of carbonyl (C=O) groups is 2. The second-order valence-corrected chi connectivity index (χ2v) is 12.3. The van der Waals surface area contributed by atoms with Crippen LogP contribution in [0.2, 0.25) is 0 Å². The van der Waals surface area contributed by atoms with Gasteiger partial charge in [-0.25, -0.2) is 13.8 Å². The van der Waals surface area contributed by atoms with Crippen molar-refractivity contribution in [3.63, 3.8) is 0 Å². The zero-order valence-corrected chi connectivity index (χ0v) is 26.6. The Bertz CT molecular complexity index is 1630. The van der Waals surface area contributed by atoms with Gasteiger partial charge in [-0.05, 0) is 79.8 Å². The molecule has 45 heavy (non-hydrogen) atoms. The number of hydrogen-bond donors (Lipinski definition) is 2. The van der Waals surface area contributed by atoms with Gasteiger partial charge in [0.15, 0.2) is 0 Å². The minimum Gasteiger partial charge on any atom is -0.445 e. The van der Waals surface area contributed by atoms with Crippen molar-refractivity contribution in [3.05, 3.63) is 106 Å². The fourth-order valence-corrected chi connectivity index (χ4v) is 5.77. The van der Waals surface area contributed by atoms with Gasteiger partial charge >= 0.3 is 0 Å². The number of amides is 2. The largest absolute Gasteiger partial charge is 0.445 e. The van der Waals surface area contributed by atoms with Crippen molar-refractivity contribution in [2.75, 3.05) is 25.0 Å². The first kappa shape index (κ1) is 32.3. The molecule has 0 unspecified atom stereocenters. The third-order valence-corrected chi connectivity index (χ3v) is 8.19. The van der Waals surface area contributed by atoms with E-state index in [1.54, 1.807) is 24.1 Å². The Morgan fingerprint density at radius 3 is 2.47 bits per heavy atom. The molecule has 4 aromatic rings. The Balaban J connectivity index is 1.46. The number of aliphatic hydroxyl groups excluding tert-OH is 1. The van der Waals surface area contributed by atoms with Crippen LogP contribution in [0.1, 0.15) is 52.5 Å². The monoisotopic (exact) mass is 680 g/mol. The highest BCUT2D eigenvalue weighted by atomic mass is 79.9. The molecular formula is C34H35BrF2N4O4. The predicted octanol–water partition coefficient (Wildman–Crippen LogP) is 6.24. The lowest BCUT2D eigenvalue weighted by Crippen LogP contribution is -2.50. The number of aliphatic hydroxyl groups is 1. The molecule has 0 saturated heterocycles. The average Bonchev–Trinajstić information content (AvgIpc) is 3.70. The maximum Gasteiger partial charge on any atom is 0.253 e. The zero-order valence-electron chi connectivity index (χ0n) is 25.1.